The van der Waals surface area contributed by atoms with E-state index >= 15 is 0 Å². The van der Waals surface area contributed by atoms with Crippen LogP contribution < -0.4 is 10.6 Å². The number of hydrogen-bond acceptors (Lipinski definition) is 4. The Balaban J connectivity index is 1.59. The molecule has 25 heavy (non-hydrogen) atoms. The van der Waals surface area contributed by atoms with Crippen molar-refractivity contribution in [3.8, 4) is 0 Å². The fraction of sp³-hybridized carbons (Fsp3) is 0.833. The minimum absolute atomic E-state index is 0.111. The third-order valence-corrected chi connectivity index (χ3v) is 6.00. The first kappa shape index (κ1) is 18.2. The largest absolute Gasteiger partial charge is 0.341 e. The molecule has 7 heteroatoms. The average molecular weight is 350 g/mol. The highest BCUT2D eigenvalue weighted by atomic mass is 16.2. The van der Waals surface area contributed by atoms with Crippen LogP contribution in [0.15, 0.2) is 0 Å². The molecule has 1 unspecified atom stereocenters. The number of imide groups is 1. The van der Waals surface area contributed by atoms with Crippen LogP contribution in [0, 0.1) is 5.92 Å². The number of hydrogen-bond donors (Lipinski definition) is 2. The van der Waals surface area contributed by atoms with Crippen molar-refractivity contribution in [2.75, 3.05) is 26.2 Å². The van der Waals surface area contributed by atoms with Gasteiger partial charge in [0.15, 0.2) is 0 Å². The van der Waals surface area contributed by atoms with Gasteiger partial charge in [0.2, 0.25) is 5.91 Å². The van der Waals surface area contributed by atoms with Crippen molar-refractivity contribution in [3.63, 3.8) is 0 Å². The highest BCUT2D eigenvalue weighted by Crippen LogP contribution is 2.36. The van der Waals surface area contributed by atoms with Gasteiger partial charge in [0.05, 0.1) is 0 Å². The lowest BCUT2D eigenvalue weighted by atomic mass is 9.96. The molecule has 0 aromatic rings. The first-order chi connectivity index (χ1) is 12.0. The van der Waals surface area contributed by atoms with Crippen molar-refractivity contribution in [1.29, 1.82) is 0 Å². The molecule has 2 heterocycles. The van der Waals surface area contributed by atoms with Crippen molar-refractivity contribution in [2.45, 2.75) is 64.0 Å². The summed E-state index contributed by atoms with van der Waals surface area (Å²) in [5.41, 5.74) is -0.746. The van der Waals surface area contributed by atoms with Crippen LogP contribution in [0.25, 0.3) is 0 Å². The summed E-state index contributed by atoms with van der Waals surface area (Å²) in [5.74, 6) is 0.274. The van der Waals surface area contributed by atoms with Crippen molar-refractivity contribution >= 4 is 17.8 Å². The Labute approximate surface area is 149 Å². The average Bonchev–Trinajstić information content (AvgIpc) is 3.18. The summed E-state index contributed by atoms with van der Waals surface area (Å²) in [6, 6.07) is -1.13. The summed E-state index contributed by atoms with van der Waals surface area (Å²) >= 11 is 0. The van der Waals surface area contributed by atoms with Crippen LogP contribution in [0.2, 0.25) is 0 Å². The molecule has 1 saturated carbocycles. The van der Waals surface area contributed by atoms with Crippen molar-refractivity contribution in [2.24, 2.45) is 5.92 Å². The number of likely N-dealkylation sites (tertiary alicyclic amines) is 1. The van der Waals surface area contributed by atoms with Crippen molar-refractivity contribution in [3.05, 3.63) is 0 Å². The topological polar surface area (TPSA) is 81.8 Å². The highest BCUT2D eigenvalue weighted by Gasteiger charge is 2.54. The number of carbonyl (C=O) groups is 3. The molecule has 4 amide bonds. The molecular weight excluding hydrogens is 320 g/mol. The molecule has 3 rings (SSSR count). The Morgan fingerprint density at radius 2 is 1.92 bits per heavy atom. The summed E-state index contributed by atoms with van der Waals surface area (Å²) < 4.78 is 0. The van der Waals surface area contributed by atoms with Gasteiger partial charge in [-0.25, -0.2) is 9.69 Å². The third-order valence-electron chi connectivity index (χ3n) is 6.00. The van der Waals surface area contributed by atoms with Crippen LogP contribution in [-0.2, 0) is 9.59 Å². The zero-order valence-corrected chi connectivity index (χ0v) is 15.3. The van der Waals surface area contributed by atoms with Crippen LogP contribution in [0.1, 0.15) is 52.4 Å². The molecule has 3 aliphatic rings. The fourth-order valence-corrected chi connectivity index (χ4v) is 4.39. The van der Waals surface area contributed by atoms with Crippen LogP contribution >= 0.6 is 0 Å². The lowest BCUT2D eigenvalue weighted by Crippen LogP contribution is -2.52. The maximum Gasteiger partial charge on any atom is 0.325 e. The molecule has 2 saturated heterocycles. The summed E-state index contributed by atoms with van der Waals surface area (Å²) in [4.78, 5) is 41.0. The third kappa shape index (κ3) is 3.38. The van der Waals surface area contributed by atoms with Crippen molar-refractivity contribution < 1.29 is 14.4 Å². The van der Waals surface area contributed by atoms with E-state index in [0.717, 1.165) is 38.8 Å². The molecule has 140 valence electrons. The normalized spacial score (nSPS) is 24.9. The molecule has 2 N–H and O–H groups in total. The van der Waals surface area contributed by atoms with E-state index in [4.69, 9.17) is 0 Å². The van der Waals surface area contributed by atoms with Gasteiger partial charge < -0.3 is 15.5 Å². The molecular formula is C18H30N4O3. The quantitative estimate of drug-likeness (QED) is 0.727. The molecule has 1 aliphatic carbocycles. The van der Waals surface area contributed by atoms with Gasteiger partial charge in [0, 0.05) is 13.1 Å². The molecule has 7 nitrogen and oxygen atoms in total. The minimum Gasteiger partial charge on any atom is -0.341 e. The van der Waals surface area contributed by atoms with Gasteiger partial charge in [0.25, 0.3) is 5.91 Å². The Kier molecular flexibility index (Phi) is 5.32. The number of urea groups is 1. The summed E-state index contributed by atoms with van der Waals surface area (Å²) in [6.07, 6.45) is 5.20. The molecule has 0 radical (unpaired) electrons. The Hall–Kier alpha value is -1.63. The summed E-state index contributed by atoms with van der Waals surface area (Å²) in [7, 11) is 0. The number of amides is 4. The lowest BCUT2D eigenvalue weighted by Gasteiger charge is -2.35. The molecule has 0 aromatic carbocycles. The molecule has 0 bridgehead atoms. The van der Waals surface area contributed by atoms with Gasteiger partial charge >= 0.3 is 6.03 Å². The lowest BCUT2D eigenvalue weighted by molar-refractivity contribution is -0.143. The number of rotatable bonds is 5. The maximum absolute atomic E-state index is 12.8. The minimum atomic E-state index is -0.746. The fourth-order valence-electron chi connectivity index (χ4n) is 4.39. The standard InChI is InChI=1S/C18H30N4O3/c1-3-19-12-14-6-10-21(11-7-14)15(23)13(2)22-16(24)18(20-17(22)25)8-4-5-9-18/h13-14,19H,3-12H2,1-2H3,(H,20,25). The highest BCUT2D eigenvalue weighted by molar-refractivity contribution is 6.09. The van der Waals surface area contributed by atoms with Gasteiger partial charge in [-0.05, 0) is 51.6 Å². The first-order valence-corrected chi connectivity index (χ1v) is 9.64. The van der Waals surface area contributed by atoms with Gasteiger partial charge in [-0.15, -0.1) is 0 Å². The molecule has 3 fully saturated rings. The van der Waals surface area contributed by atoms with E-state index < -0.39 is 17.6 Å². The smallest absolute Gasteiger partial charge is 0.325 e. The maximum atomic E-state index is 12.8. The summed E-state index contributed by atoms with van der Waals surface area (Å²) in [6.45, 7) is 7.13. The summed E-state index contributed by atoms with van der Waals surface area (Å²) in [5, 5.41) is 6.22. The Morgan fingerprint density at radius 1 is 1.28 bits per heavy atom. The van der Waals surface area contributed by atoms with Gasteiger partial charge in [-0.1, -0.05) is 19.8 Å². The monoisotopic (exact) mass is 350 g/mol. The van der Waals surface area contributed by atoms with Crippen LogP contribution in [0.3, 0.4) is 0 Å². The van der Waals surface area contributed by atoms with E-state index in [1.165, 1.54) is 4.90 Å². The molecule has 0 aromatic heterocycles. The SMILES string of the molecule is CCNCC1CCN(C(=O)C(C)N2C(=O)NC3(CCCC3)C2=O)CC1. The molecule has 2 aliphatic heterocycles. The van der Waals surface area contributed by atoms with Gasteiger partial charge in [-0.2, -0.15) is 0 Å². The second-order valence-corrected chi connectivity index (χ2v) is 7.65. The Bertz CT molecular complexity index is 536. The van der Waals surface area contributed by atoms with E-state index in [9.17, 15) is 14.4 Å². The van der Waals surface area contributed by atoms with Gasteiger partial charge in [0.1, 0.15) is 11.6 Å². The van der Waals surface area contributed by atoms with Crippen LogP contribution in [0.5, 0.6) is 0 Å². The van der Waals surface area contributed by atoms with Crippen LogP contribution in [0.4, 0.5) is 4.79 Å². The second-order valence-electron chi connectivity index (χ2n) is 7.65. The zero-order valence-electron chi connectivity index (χ0n) is 15.3. The predicted molar refractivity (Wildman–Crippen MR) is 93.9 cm³/mol. The number of piperidine rings is 1. The van der Waals surface area contributed by atoms with E-state index in [0.29, 0.717) is 31.8 Å². The molecule has 1 spiro atoms. The number of carbonyl (C=O) groups excluding carboxylic acids is 3. The second kappa shape index (κ2) is 7.32. The number of nitrogens with zero attached hydrogens (tertiary/aromatic N) is 2. The van der Waals surface area contributed by atoms with E-state index in [1.54, 1.807) is 6.92 Å². The van der Waals surface area contributed by atoms with E-state index in [1.807, 2.05) is 4.90 Å². The Morgan fingerprint density at radius 3 is 2.52 bits per heavy atom. The number of nitrogens with one attached hydrogen (secondary N) is 2. The van der Waals surface area contributed by atoms with E-state index in [2.05, 4.69) is 17.6 Å². The predicted octanol–water partition coefficient (Wildman–Crippen LogP) is 1.09. The van der Waals surface area contributed by atoms with Crippen molar-refractivity contribution in [1.82, 2.24) is 20.4 Å². The van der Waals surface area contributed by atoms with Gasteiger partial charge in [-0.3, -0.25) is 9.59 Å². The first-order valence-electron chi connectivity index (χ1n) is 9.64. The molecule has 1 atom stereocenters. The van der Waals surface area contributed by atoms with Crippen LogP contribution in [-0.4, -0.2) is 65.4 Å². The zero-order chi connectivity index (χ0) is 18.0. The van der Waals surface area contributed by atoms with E-state index in [-0.39, 0.29) is 11.8 Å².